The molecule has 0 aliphatic carbocycles. The van der Waals surface area contributed by atoms with Crippen LogP contribution in [0.4, 0.5) is 0 Å². The molecule has 0 bridgehead atoms. The fourth-order valence-corrected chi connectivity index (χ4v) is 6.68. The van der Waals surface area contributed by atoms with Crippen LogP contribution in [0.5, 0.6) is 5.75 Å². The van der Waals surface area contributed by atoms with Gasteiger partial charge in [-0.3, -0.25) is 9.36 Å². The summed E-state index contributed by atoms with van der Waals surface area (Å²) in [4.78, 5) is 31.9. The number of fused-ring (bicyclic) bond motifs is 1. The highest BCUT2D eigenvalue weighted by molar-refractivity contribution is 9.11. The van der Waals surface area contributed by atoms with E-state index in [9.17, 15) is 14.7 Å². The zero-order chi connectivity index (χ0) is 27.1. The van der Waals surface area contributed by atoms with Gasteiger partial charge in [-0.05, 0) is 93.7 Å². The summed E-state index contributed by atoms with van der Waals surface area (Å²) >= 11 is 11.3. The average Bonchev–Trinajstić information content (AvgIpc) is 3.47. The second-order valence-corrected chi connectivity index (χ2v) is 12.0. The number of phenolic OH excluding ortho intramolecular Hbond substituents is 1. The summed E-state index contributed by atoms with van der Waals surface area (Å²) in [7, 11) is 0. The van der Waals surface area contributed by atoms with Gasteiger partial charge >= 0.3 is 5.97 Å². The van der Waals surface area contributed by atoms with E-state index >= 15 is 0 Å². The maximum Gasteiger partial charge on any atom is 0.338 e. The molecule has 2 aromatic carbocycles. The number of halogens is 3. The molecule has 0 saturated heterocycles. The molecular weight excluding hydrogens is 704 g/mol. The molecule has 1 aliphatic heterocycles. The van der Waals surface area contributed by atoms with E-state index in [2.05, 4.69) is 52.8 Å². The van der Waals surface area contributed by atoms with Crippen molar-refractivity contribution in [2.75, 3.05) is 6.61 Å². The van der Waals surface area contributed by atoms with Gasteiger partial charge in [0.15, 0.2) is 4.80 Å². The summed E-state index contributed by atoms with van der Waals surface area (Å²) in [6, 6.07) is 13.8. The molecule has 3 heterocycles. The average molecular weight is 723 g/mol. The molecular formula is C27H19Br3N2O5S. The van der Waals surface area contributed by atoms with Crippen molar-refractivity contribution >= 4 is 71.2 Å². The van der Waals surface area contributed by atoms with E-state index in [1.165, 1.54) is 15.9 Å². The van der Waals surface area contributed by atoms with Crippen molar-refractivity contribution in [1.29, 1.82) is 0 Å². The van der Waals surface area contributed by atoms with Crippen molar-refractivity contribution < 1.29 is 19.1 Å². The van der Waals surface area contributed by atoms with Crippen LogP contribution >= 0.6 is 59.1 Å². The minimum Gasteiger partial charge on any atom is -0.506 e. The molecule has 0 saturated carbocycles. The largest absolute Gasteiger partial charge is 0.506 e. The summed E-state index contributed by atoms with van der Waals surface area (Å²) in [6.45, 7) is 3.63. The molecule has 1 atom stereocenters. The number of hydrogen-bond donors (Lipinski definition) is 1. The van der Waals surface area contributed by atoms with Crippen LogP contribution in [0.25, 0.3) is 17.4 Å². The fourth-order valence-electron chi connectivity index (χ4n) is 4.15. The van der Waals surface area contributed by atoms with Crippen LogP contribution in [0.2, 0.25) is 0 Å². The Morgan fingerprint density at radius 1 is 1.16 bits per heavy atom. The Bertz CT molecular complexity index is 1760. The summed E-state index contributed by atoms with van der Waals surface area (Å²) in [5.74, 6) is 0.535. The van der Waals surface area contributed by atoms with E-state index in [0.29, 0.717) is 41.1 Å². The Hall–Kier alpha value is -2.73. The van der Waals surface area contributed by atoms with Crippen molar-refractivity contribution in [3.63, 3.8) is 0 Å². The molecule has 1 N–H and O–H groups in total. The number of furan rings is 1. The first-order chi connectivity index (χ1) is 18.2. The van der Waals surface area contributed by atoms with Crippen LogP contribution in [0.15, 0.2) is 87.4 Å². The smallest absolute Gasteiger partial charge is 0.338 e. The highest BCUT2D eigenvalue weighted by Crippen LogP contribution is 2.35. The van der Waals surface area contributed by atoms with E-state index in [4.69, 9.17) is 9.15 Å². The summed E-state index contributed by atoms with van der Waals surface area (Å²) in [5, 5.41) is 10.0. The number of aromatic nitrogens is 1. The van der Waals surface area contributed by atoms with Crippen LogP contribution in [0, 0.1) is 0 Å². The van der Waals surface area contributed by atoms with Crippen LogP contribution < -0.4 is 14.9 Å². The third kappa shape index (κ3) is 5.00. The maximum atomic E-state index is 13.8. The molecule has 194 valence electrons. The number of thiazole rings is 1. The van der Waals surface area contributed by atoms with E-state index in [0.717, 1.165) is 10.0 Å². The Morgan fingerprint density at radius 3 is 2.50 bits per heavy atom. The van der Waals surface area contributed by atoms with Crippen molar-refractivity contribution in [1.82, 2.24) is 4.57 Å². The number of benzene rings is 2. The number of esters is 1. The van der Waals surface area contributed by atoms with E-state index in [1.54, 1.807) is 38.1 Å². The van der Waals surface area contributed by atoms with Gasteiger partial charge in [-0.2, -0.15) is 0 Å². The zero-order valence-corrected chi connectivity index (χ0v) is 25.6. The number of rotatable bonds is 5. The van der Waals surface area contributed by atoms with Crippen LogP contribution in [-0.4, -0.2) is 22.2 Å². The predicted molar refractivity (Wildman–Crippen MR) is 156 cm³/mol. The molecule has 5 rings (SSSR count). The summed E-state index contributed by atoms with van der Waals surface area (Å²) < 4.78 is 15.4. The van der Waals surface area contributed by atoms with Crippen molar-refractivity contribution in [2.24, 2.45) is 4.99 Å². The standard InChI is InChI=1S/C27H19Br3N2O5S/c1-3-36-26(35)22-13(2)31-27-32(23(22)20-9-8-19(37-20)15-4-6-16(28)7-5-15)25(34)21(38-27)12-14-10-17(29)24(33)18(30)11-14/h4-12,23,33H,3H2,1-2H3/b21-12-/t23-/m0/s1. The molecule has 4 aromatic rings. The number of phenols is 1. The quantitative estimate of drug-likeness (QED) is 0.253. The number of aromatic hydroxyl groups is 1. The van der Waals surface area contributed by atoms with Gasteiger partial charge in [-0.15, -0.1) is 0 Å². The van der Waals surface area contributed by atoms with Gasteiger partial charge in [0.05, 0.1) is 31.4 Å². The lowest BCUT2D eigenvalue weighted by atomic mass is 10.0. The molecule has 0 amide bonds. The van der Waals surface area contributed by atoms with Crippen LogP contribution in [-0.2, 0) is 9.53 Å². The van der Waals surface area contributed by atoms with E-state index in [-0.39, 0.29) is 23.5 Å². The van der Waals surface area contributed by atoms with Gasteiger partial charge in [0.25, 0.3) is 5.56 Å². The normalized spacial score (nSPS) is 15.4. The lowest BCUT2D eigenvalue weighted by Crippen LogP contribution is -2.39. The summed E-state index contributed by atoms with van der Waals surface area (Å²) in [6.07, 6.45) is 1.72. The van der Waals surface area contributed by atoms with Crippen LogP contribution in [0.1, 0.15) is 31.2 Å². The minimum atomic E-state index is -0.852. The Balaban J connectivity index is 1.69. The Morgan fingerprint density at radius 2 is 1.84 bits per heavy atom. The monoisotopic (exact) mass is 720 g/mol. The van der Waals surface area contributed by atoms with Gasteiger partial charge in [-0.1, -0.05) is 39.4 Å². The number of nitrogens with zero attached hydrogens (tertiary/aromatic N) is 2. The van der Waals surface area contributed by atoms with Gasteiger partial charge < -0.3 is 14.3 Å². The Kier molecular flexibility index (Phi) is 7.63. The zero-order valence-electron chi connectivity index (χ0n) is 20.0. The molecule has 0 unspecified atom stereocenters. The van der Waals surface area contributed by atoms with Crippen molar-refractivity contribution in [2.45, 2.75) is 19.9 Å². The molecule has 2 aromatic heterocycles. The third-order valence-corrected chi connectivity index (χ3v) is 8.60. The highest BCUT2D eigenvalue weighted by atomic mass is 79.9. The number of allylic oxidation sites excluding steroid dienone is 1. The Labute approximate surface area is 246 Å². The molecule has 0 radical (unpaired) electrons. The van der Waals surface area contributed by atoms with E-state index < -0.39 is 12.0 Å². The fraction of sp³-hybridized carbons (Fsp3) is 0.148. The van der Waals surface area contributed by atoms with E-state index in [1.807, 2.05) is 30.3 Å². The molecule has 0 spiro atoms. The van der Waals surface area contributed by atoms with Gasteiger partial charge in [0.2, 0.25) is 0 Å². The minimum absolute atomic E-state index is 0.0673. The second kappa shape index (κ2) is 10.8. The highest BCUT2D eigenvalue weighted by Gasteiger charge is 2.35. The molecule has 1 aliphatic rings. The maximum absolute atomic E-state index is 13.8. The lowest BCUT2D eigenvalue weighted by Gasteiger charge is -2.22. The first kappa shape index (κ1) is 26.9. The second-order valence-electron chi connectivity index (χ2n) is 8.34. The predicted octanol–water partition coefficient (Wildman–Crippen LogP) is 6.05. The number of hydrogen-bond acceptors (Lipinski definition) is 7. The molecule has 11 heteroatoms. The van der Waals surface area contributed by atoms with Gasteiger partial charge in [-0.25, -0.2) is 9.79 Å². The number of carbonyl (C=O) groups is 1. The number of carbonyl (C=O) groups excluding carboxylic acids is 1. The van der Waals surface area contributed by atoms with Crippen LogP contribution in [0.3, 0.4) is 0 Å². The molecule has 7 nitrogen and oxygen atoms in total. The topological polar surface area (TPSA) is 94.0 Å². The first-order valence-corrected chi connectivity index (χ1v) is 14.6. The number of ether oxygens (including phenoxy) is 1. The SMILES string of the molecule is CCOC(=O)C1=C(C)N=c2s/c(=C\c3cc(Br)c(O)c(Br)c3)c(=O)n2[C@H]1c1ccc(-c2ccc(Br)cc2)o1. The van der Waals surface area contributed by atoms with Crippen molar-refractivity contribution in [3.05, 3.63) is 104 Å². The van der Waals surface area contributed by atoms with Gasteiger partial charge in [0.1, 0.15) is 23.3 Å². The van der Waals surface area contributed by atoms with Gasteiger partial charge in [0, 0.05) is 10.0 Å². The molecule has 0 fully saturated rings. The third-order valence-electron chi connectivity index (χ3n) is 5.88. The lowest BCUT2D eigenvalue weighted by molar-refractivity contribution is -0.139. The first-order valence-electron chi connectivity index (χ1n) is 11.4. The van der Waals surface area contributed by atoms with Crippen molar-refractivity contribution in [3.8, 4) is 17.1 Å². The summed E-state index contributed by atoms with van der Waals surface area (Å²) in [5.41, 5.74) is 1.93. The molecule has 38 heavy (non-hydrogen) atoms.